The number of amides is 2. The molecule has 2 aliphatic rings. The van der Waals surface area contributed by atoms with Crippen LogP contribution >= 0.6 is 0 Å². The molecule has 1 N–H and O–H groups in total. The minimum Gasteiger partial charge on any atom is -0.497 e. The smallest absolute Gasteiger partial charge is 0.246 e. The summed E-state index contributed by atoms with van der Waals surface area (Å²) in [5.74, 6) is 0.993. The Morgan fingerprint density at radius 3 is 2.42 bits per heavy atom. The average molecular weight is 650 g/mol. The molecule has 0 atom stereocenters. The van der Waals surface area contributed by atoms with Crippen molar-refractivity contribution in [3.63, 3.8) is 0 Å². The van der Waals surface area contributed by atoms with E-state index in [0.29, 0.717) is 49.7 Å². The van der Waals surface area contributed by atoms with Crippen molar-refractivity contribution >= 4 is 34.2 Å². The first-order valence-electron chi connectivity index (χ1n) is 15.8. The largest absolute Gasteiger partial charge is 0.497 e. The van der Waals surface area contributed by atoms with Crippen LogP contribution in [0.1, 0.15) is 18.9 Å². The van der Waals surface area contributed by atoms with Gasteiger partial charge in [0.25, 0.3) is 0 Å². The van der Waals surface area contributed by atoms with Gasteiger partial charge < -0.3 is 29.5 Å². The third kappa shape index (κ3) is 6.79. The normalized spacial score (nSPS) is 16.2. The predicted octanol–water partition coefficient (Wildman–Crippen LogP) is 3.89. The number of nitrogens with zero attached hydrogens (tertiary/aromatic N) is 8. The fourth-order valence-electron chi connectivity index (χ4n) is 6.07. The lowest BCUT2D eigenvalue weighted by atomic mass is 9.79. The van der Waals surface area contributed by atoms with Crippen LogP contribution in [0.25, 0.3) is 22.3 Å². The molecular formula is C35H39N9O4. The SMILES string of the molecule is COc1cc(Nc2ccc3ncc(-c4cnn(C5CCN(C(=O)C6(C#N)CN(C(=O)/C=C/CN(C)C)C6)CC5)c4)nc3c2)cc(OC)c1. The Bertz CT molecular complexity index is 1860. The van der Waals surface area contributed by atoms with Crippen molar-refractivity contribution in [2.24, 2.45) is 5.41 Å². The quantitative estimate of drug-likeness (QED) is 0.252. The number of likely N-dealkylation sites (tertiary alicyclic amines) is 2. The molecule has 2 aromatic heterocycles. The van der Waals surface area contributed by atoms with Gasteiger partial charge in [-0.1, -0.05) is 6.08 Å². The van der Waals surface area contributed by atoms with Gasteiger partial charge in [0, 0.05) is 67.0 Å². The van der Waals surface area contributed by atoms with Crippen molar-refractivity contribution in [2.45, 2.75) is 18.9 Å². The second-order valence-corrected chi connectivity index (χ2v) is 12.5. The maximum absolute atomic E-state index is 13.4. The lowest BCUT2D eigenvalue weighted by Gasteiger charge is -2.46. The number of anilines is 2. The topological polar surface area (TPSA) is 142 Å². The molecule has 4 heterocycles. The zero-order chi connectivity index (χ0) is 33.8. The molecule has 2 aromatic carbocycles. The molecular weight excluding hydrogens is 610 g/mol. The number of methoxy groups -OCH3 is 2. The van der Waals surface area contributed by atoms with Crippen LogP contribution in [0.2, 0.25) is 0 Å². The van der Waals surface area contributed by atoms with Crippen LogP contribution in [-0.2, 0) is 9.59 Å². The number of nitrogens with one attached hydrogen (secondary N) is 1. The molecule has 0 bridgehead atoms. The third-order valence-corrected chi connectivity index (χ3v) is 8.79. The summed E-state index contributed by atoms with van der Waals surface area (Å²) >= 11 is 0. The minimum atomic E-state index is -1.18. The van der Waals surface area contributed by atoms with Gasteiger partial charge in [-0.3, -0.25) is 19.3 Å². The van der Waals surface area contributed by atoms with E-state index in [9.17, 15) is 14.9 Å². The molecule has 0 spiro atoms. The van der Waals surface area contributed by atoms with Crippen molar-refractivity contribution in [1.29, 1.82) is 5.26 Å². The van der Waals surface area contributed by atoms with Gasteiger partial charge in [0.05, 0.1) is 68.5 Å². The standard InChI is InChI=1S/C35H39N9O4/c1-41(2)11-5-6-33(45)43-22-35(21-36,23-43)34(46)42-12-9-27(10-13-42)44-20-24(18-38-44)32-19-37-30-8-7-25(16-31(30)40-32)39-26-14-28(47-3)17-29(15-26)48-4/h5-8,14-20,27,39H,9-13,22-23H2,1-4H3/b6-5+. The van der Waals surface area contributed by atoms with E-state index in [1.54, 1.807) is 42.5 Å². The maximum atomic E-state index is 13.4. The van der Waals surface area contributed by atoms with E-state index in [4.69, 9.17) is 14.5 Å². The highest BCUT2D eigenvalue weighted by atomic mass is 16.5. The molecule has 2 fully saturated rings. The summed E-state index contributed by atoms with van der Waals surface area (Å²) in [6.07, 6.45) is 10.2. The van der Waals surface area contributed by atoms with E-state index < -0.39 is 5.41 Å². The fraction of sp³-hybridized carbons (Fsp3) is 0.371. The van der Waals surface area contributed by atoms with Crippen LogP contribution in [0.15, 0.2) is 67.1 Å². The van der Waals surface area contributed by atoms with Gasteiger partial charge in [0.1, 0.15) is 11.5 Å². The molecule has 0 unspecified atom stereocenters. The van der Waals surface area contributed by atoms with Gasteiger partial charge in [0.2, 0.25) is 11.8 Å². The number of rotatable bonds is 10. The summed E-state index contributed by atoms with van der Waals surface area (Å²) in [6.45, 7) is 1.92. The van der Waals surface area contributed by atoms with Gasteiger partial charge in [-0.2, -0.15) is 10.4 Å². The first-order valence-corrected chi connectivity index (χ1v) is 15.8. The van der Waals surface area contributed by atoms with Crippen LogP contribution in [-0.4, -0.2) is 107 Å². The molecule has 2 amide bonds. The molecule has 2 aliphatic heterocycles. The zero-order valence-electron chi connectivity index (χ0n) is 27.6. The number of fused-ring (bicyclic) bond motifs is 1. The molecule has 4 aromatic rings. The lowest BCUT2D eigenvalue weighted by molar-refractivity contribution is -0.153. The summed E-state index contributed by atoms with van der Waals surface area (Å²) in [4.78, 5) is 40.6. The van der Waals surface area contributed by atoms with Gasteiger partial charge in [0.15, 0.2) is 5.41 Å². The van der Waals surface area contributed by atoms with Crippen molar-refractivity contribution in [3.05, 3.63) is 67.1 Å². The molecule has 248 valence electrons. The number of aromatic nitrogens is 4. The van der Waals surface area contributed by atoms with Crippen LogP contribution < -0.4 is 14.8 Å². The second-order valence-electron chi connectivity index (χ2n) is 12.5. The van der Waals surface area contributed by atoms with Gasteiger partial charge in [-0.05, 0) is 45.1 Å². The van der Waals surface area contributed by atoms with E-state index in [1.807, 2.05) is 66.3 Å². The first-order chi connectivity index (χ1) is 23.2. The predicted molar refractivity (Wildman–Crippen MR) is 181 cm³/mol. The Balaban J connectivity index is 1.08. The van der Waals surface area contributed by atoms with Crippen LogP contribution in [0.5, 0.6) is 11.5 Å². The number of hydrogen-bond acceptors (Lipinski definition) is 10. The molecule has 13 nitrogen and oxygen atoms in total. The van der Waals surface area contributed by atoms with Gasteiger partial charge >= 0.3 is 0 Å². The number of hydrogen-bond donors (Lipinski definition) is 1. The Kier molecular flexibility index (Phi) is 9.27. The molecule has 2 saturated heterocycles. The van der Waals surface area contributed by atoms with E-state index in [1.165, 1.54) is 6.08 Å². The van der Waals surface area contributed by atoms with E-state index in [0.717, 1.165) is 28.0 Å². The molecule has 13 heteroatoms. The summed E-state index contributed by atoms with van der Waals surface area (Å²) < 4.78 is 12.7. The number of carbonyl (C=O) groups is 2. The van der Waals surface area contributed by atoms with Crippen LogP contribution in [0.4, 0.5) is 11.4 Å². The average Bonchev–Trinajstić information content (AvgIpc) is 3.58. The zero-order valence-corrected chi connectivity index (χ0v) is 27.6. The maximum Gasteiger partial charge on any atom is 0.246 e. The highest BCUT2D eigenvalue weighted by Gasteiger charge is 2.53. The van der Waals surface area contributed by atoms with Gasteiger partial charge in [-0.15, -0.1) is 0 Å². The van der Waals surface area contributed by atoms with Gasteiger partial charge in [-0.25, -0.2) is 4.98 Å². The highest BCUT2D eigenvalue weighted by Crippen LogP contribution is 2.35. The van der Waals surface area contributed by atoms with E-state index in [-0.39, 0.29) is 30.9 Å². The van der Waals surface area contributed by atoms with Crippen molar-refractivity contribution in [2.75, 3.05) is 66.4 Å². The van der Waals surface area contributed by atoms with E-state index >= 15 is 0 Å². The van der Waals surface area contributed by atoms with Crippen molar-refractivity contribution in [3.8, 4) is 28.8 Å². The molecule has 0 radical (unpaired) electrons. The Labute approximate surface area is 279 Å². The monoisotopic (exact) mass is 649 g/mol. The molecule has 6 rings (SSSR count). The van der Waals surface area contributed by atoms with E-state index in [2.05, 4.69) is 21.5 Å². The number of nitriles is 1. The number of piperidine rings is 1. The molecule has 48 heavy (non-hydrogen) atoms. The number of carbonyl (C=O) groups excluding carboxylic acids is 2. The first kappa shape index (κ1) is 32.5. The highest BCUT2D eigenvalue weighted by molar-refractivity contribution is 5.93. The van der Waals surface area contributed by atoms with Crippen LogP contribution in [0, 0.1) is 16.7 Å². The number of benzene rings is 2. The minimum absolute atomic E-state index is 0.103. The Hall–Kier alpha value is -5.48. The van der Waals surface area contributed by atoms with Crippen molar-refractivity contribution in [1.82, 2.24) is 34.4 Å². The summed E-state index contributed by atoms with van der Waals surface area (Å²) in [6, 6.07) is 13.7. The number of likely N-dealkylation sites (N-methyl/N-ethyl adjacent to an activating group) is 1. The van der Waals surface area contributed by atoms with Crippen molar-refractivity contribution < 1.29 is 19.1 Å². The Morgan fingerprint density at radius 2 is 1.75 bits per heavy atom. The fourth-order valence-corrected chi connectivity index (χ4v) is 6.07. The number of ether oxygens (including phenoxy) is 2. The molecule has 0 aliphatic carbocycles. The van der Waals surface area contributed by atoms with Crippen LogP contribution in [0.3, 0.4) is 0 Å². The Morgan fingerprint density at radius 1 is 1.02 bits per heavy atom. The summed E-state index contributed by atoms with van der Waals surface area (Å²) in [5.41, 5.74) is 3.55. The third-order valence-electron chi connectivity index (χ3n) is 8.79. The second kappa shape index (κ2) is 13.7. The molecule has 0 saturated carbocycles. The lowest BCUT2D eigenvalue weighted by Crippen LogP contribution is -2.64. The summed E-state index contributed by atoms with van der Waals surface area (Å²) in [7, 11) is 7.07. The summed E-state index contributed by atoms with van der Waals surface area (Å²) in [5, 5.41) is 17.9.